The molecule has 0 radical (unpaired) electrons. The van der Waals surface area contributed by atoms with Crippen LogP contribution in [-0.4, -0.2) is 16.7 Å². The third-order valence-electron chi connectivity index (χ3n) is 4.62. The molecule has 3 aromatic carbocycles. The molecule has 0 atom stereocenters. The number of esters is 1. The largest absolute Gasteiger partial charge is 0.452 e. The monoisotopic (exact) mass is 401 g/mol. The Labute approximate surface area is 171 Å². The van der Waals surface area contributed by atoms with E-state index in [0.29, 0.717) is 5.56 Å². The molecule has 7 nitrogen and oxygen atoms in total. The first-order chi connectivity index (χ1) is 14.4. The predicted octanol–water partition coefficient (Wildman–Crippen LogP) is 4.74. The van der Waals surface area contributed by atoms with Crippen LogP contribution in [-0.2, 0) is 0 Å². The molecule has 0 aliphatic carbocycles. The number of hydrogen-bond acceptors (Lipinski definition) is 6. The summed E-state index contributed by atoms with van der Waals surface area (Å²) in [5, 5.41) is 10.9. The Morgan fingerprint density at radius 3 is 2.63 bits per heavy atom. The molecule has 0 saturated carbocycles. The van der Waals surface area contributed by atoms with Gasteiger partial charge in [-0.15, -0.1) is 0 Å². The molecular weight excluding hydrogens is 386 g/mol. The van der Waals surface area contributed by atoms with E-state index in [1.54, 1.807) is 6.08 Å². The first-order valence-electron chi connectivity index (χ1n) is 9.03. The van der Waals surface area contributed by atoms with Crippen LogP contribution < -0.4 is 9.47 Å². The number of ketones is 1. The first-order valence-corrected chi connectivity index (χ1v) is 9.03. The molecule has 0 N–H and O–H groups in total. The average molecular weight is 401 g/mol. The molecule has 30 heavy (non-hydrogen) atoms. The van der Waals surface area contributed by atoms with Crippen molar-refractivity contribution in [3.8, 4) is 11.5 Å². The number of fused-ring (bicyclic) bond motifs is 1. The molecule has 3 aromatic rings. The van der Waals surface area contributed by atoms with E-state index in [2.05, 4.69) is 0 Å². The maximum Gasteiger partial charge on any atom is 0.343 e. The van der Waals surface area contributed by atoms with Gasteiger partial charge in [-0.2, -0.15) is 0 Å². The summed E-state index contributed by atoms with van der Waals surface area (Å²) in [4.78, 5) is 35.2. The number of benzene rings is 3. The van der Waals surface area contributed by atoms with Crippen LogP contribution in [0.25, 0.3) is 6.08 Å². The van der Waals surface area contributed by atoms with Crippen molar-refractivity contribution >= 4 is 23.5 Å². The topological polar surface area (TPSA) is 95.7 Å². The van der Waals surface area contributed by atoms with E-state index in [9.17, 15) is 19.7 Å². The lowest BCUT2D eigenvalue weighted by Gasteiger charge is -2.06. The summed E-state index contributed by atoms with van der Waals surface area (Å²) in [6.45, 7) is 1.93. The van der Waals surface area contributed by atoms with Crippen LogP contribution in [0.15, 0.2) is 72.5 Å². The number of Topliss-reactive ketones (excluding diaryl/α,β-unsaturated/α-hetero) is 1. The van der Waals surface area contributed by atoms with Crippen molar-refractivity contribution in [2.45, 2.75) is 6.92 Å². The number of carbonyl (C=O) groups is 2. The zero-order valence-corrected chi connectivity index (χ0v) is 15.8. The molecule has 148 valence electrons. The van der Waals surface area contributed by atoms with Crippen LogP contribution in [0.5, 0.6) is 11.5 Å². The highest BCUT2D eigenvalue weighted by molar-refractivity contribution is 6.14. The molecule has 0 bridgehead atoms. The van der Waals surface area contributed by atoms with E-state index in [-0.39, 0.29) is 34.3 Å². The van der Waals surface area contributed by atoms with Crippen molar-refractivity contribution < 1.29 is 24.0 Å². The standard InChI is InChI=1S/C23H15NO6/c1-14-5-2-3-6-15(14)12-21-22(25)19-10-9-18(13-20(19)30-21)29-23(26)16-7-4-8-17(11-16)24(27)28/h2-13H,1H3/b21-12+. The lowest BCUT2D eigenvalue weighted by Crippen LogP contribution is -2.08. The summed E-state index contributed by atoms with van der Waals surface area (Å²) >= 11 is 0. The SMILES string of the molecule is Cc1ccccc1/C=C1/Oc2cc(OC(=O)c3cccc([N+](=O)[O-])c3)ccc2C1=O. The lowest BCUT2D eigenvalue weighted by molar-refractivity contribution is -0.384. The summed E-state index contributed by atoms with van der Waals surface area (Å²) in [6.07, 6.45) is 1.67. The van der Waals surface area contributed by atoms with Crippen LogP contribution in [0.3, 0.4) is 0 Å². The van der Waals surface area contributed by atoms with Crippen molar-refractivity contribution in [3.63, 3.8) is 0 Å². The molecule has 4 rings (SSSR count). The highest BCUT2D eigenvalue weighted by Gasteiger charge is 2.28. The normalized spacial score (nSPS) is 13.6. The van der Waals surface area contributed by atoms with Gasteiger partial charge < -0.3 is 9.47 Å². The van der Waals surface area contributed by atoms with Gasteiger partial charge in [0.1, 0.15) is 11.5 Å². The Bertz CT molecular complexity index is 1230. The number of nitro benzene ring substituents is 1. The molecular formula is C23H15NO6. The van der Waals surface area contributed by atoms with Gasteiger partial charge in [0, 0.05) is 18.2 Å². The lowest BCUT2D eigenvalue weighted by atomic mass is 10.1. The van der Waals surface area contributed by atoms with Gasteiger partial charge in [0.05, 0.1) is 16.1 Å². The fourth-order valence-electron chi connectivity index (χ4n) is 3.03. The number of nitrogens with zero attached hydrogens (tertiary/aromatic N) is 1. The summed E-state index contributed by atoms with van der Waals surface area (Å²) < 4.78 is 11.0. The zero-order chi connectivity index (χ0) is 21.3. The van der Waals surface area contributed by atoms with Crippen molar-refractivity contribution in [2.24, 2.45) is 0 Å². The van der Waals surface area contributed by atoms with Gasteiger partial charge in [-0.25, -0.2) is 4.79 Å². The highest BCUT2D eigenvalue weighted by atomic mass is 16.6. The number of allylic oxidation sites excluding steroid dienone is 1. The highest BCUT2D eigenvalue weighted by Crippen LogP contribution is 2.35. The van der Waals surface area contributed by atoms with E-state index in [4.69, 9.17) is 9.47 Å². The van der Waals surface area contributed by atoms with Gasteiger partial charge in [0.2, 0.25) is 5.78 Å². The van der Waals surface area contributed by atoms with Crippen LogP contribution in [0, 0.1) is 17.0 Å². The first kappa shape index (κ1) is 19.1. The second kappa shape index (κ2) is 7.63. The van der Waals surface area contributed by atoms with Crippen molar-refractivity contribution in [1.29, 1.82) is 0 Å². The minimum atomic E-state index is -0.751. The number of carbonyl (C=O) groups excluding carboxylic acids is 2. The maximum atomic E-state index is 12.6. The van der Waals surface area contributed by atoms with Gasteiger partial charge >= 0.3 is 5.97 Å². The molecule has 0 fully saturated rings. The molecule has 0 aromatic heterocycles. The molecule has 7 heteroatoms. The fraction of sp³-hybridized carbons (Fsp3) is 0.0435. The van der Waals surface area contributed by atoms with Crippen LogP contribution in [0.4, 0.5) is 5.69 Å². The fourth-order valence-corrected chi connectivity index (χ4v) is 3.03. The summed E-state index contributed by atoms with van der Waals surface area (Å²) in [5.74, 6) is -0.385. The van der Waals surface area contributed by atoms with Gasteiger partial charge in [-0.1, -0.05) is 30.3 Å². The second-order valence-corrected chi connectivity index (χ2v) is 6.65. The Kier molecular flexibility index (Phi) is 4.85. The smallest absolute Gasteiger partial charge is 0.343 e. The summed E-state index contributed by atoms with van der Waals surface area (Å²) in [6, 6.07) is 17.3. The summed E-state index contributed by atoms with van der Waals surface area (Å²) in [5.41, 5.74) is 2.07. The molecule has 0 saturated heterocycles. The van der Waals surface area contributed by atoms with Crippen molar-refractivity contribution in [2.75, 3.05) is 0 Å². The summed E-state index contributed by atoms with van der Waals surface area (Å²) in [7, 11) is 0. The number of aryl methyl sites for hydroxylation is 1. The quantitative estimate of drug-likeness (QED) is 0.206. The van der Waals surface area contributed by atoms with Crippen LogP contribution >= 0.6 is 0 Å². The third-order valence-corrected chi connectivity index (χ3v) is 4.62. The minimum absolute atomic E-state index is 0.0434. The van der Waals surface area contributed by atoms with Crippen molar-refractivity contribution in [1.82, 2.24) is 0 Å². The van der Waals surface area contributed by atoms with Gasteiger partial charge in [0.25, 0.3) is 5.69 Å². The molecule has 1 aliphatic heterocycles. The van der Waals surface area contributed by atoms with Crippen LogP contribution in [0.2, 0.25) is 0 Å². The Balaban J connectivity index is 1.56. The number of ether oxygens (including phenoxy) is 2. The average Bonchev–Trinajstić information content (AvgIpc) is 3.04. The van der Waals surface area contributed by atoms with E-state index in [1.165, 1.54) is 36.4 Å². The molecule has 0 spiro atoms. The van der Waals surface area contributed by atoms with E-state index in [1.807, 2.05) is 31.2 Å². The molecule has 1 aliphatic rings. The van der Waals surface area contributed by atoms with Crippen LogP contribution in [0.1, 0.15) is 31.8 Å². The van der Waals surface area contributed by atoms with Crippen molar-refractivity contribution in [3.05, 3.63) is 105 Å². The van der Waals surface area contributed by atoms with Gasteiger partial charge in [-0.05, 0) is 42.3 Å². The molecule has 0 amide bonds. The van der Waals surface area contributed by atoms with E-state index in [0.717, 1.165) is 17.2 Å². The number of hydrogen-bond donors (Lipinski definition) is 0. The molecule has 1 heterocycles. The number of rotatable bonds is 4. The second-order valence-electron chi connectivity index (χ2n) is 6.65. The van der Waals surface area contributed by atoms with E-state index < -0.39 is 10.9 Å². The van der Waals surface area contributed by atoms with Gasteiger partial charge in [0.15, 0.2) is 5.76 Å². The zero-order valence-electron chi connectivity index (χ0n) is 15.8. The predicted molar refractivity (Wildman–Crippen MR) is 109 cm³/mol. The Morgan fingerprint density at radius 1 is 1.07 bits per heavy atom. The Morgan fingerprint density at radius 2 is 1.87 bits per heavy atom. The van der Waals surface area contributed by atoms with Gasteiger partial charge in [-0.3, -0.25) is 14.9 Å². The molecule has 0 unspecified atom stereocenters. The third kappa shape index (κ3) is 3.68. The van der Waals surface area contributed by atoms with E-state index >= 15 is 0 Å². The maximum absolute atomic E-state index is 12.6. The Hall–Kier alpha value is -4.26. The number of nitro groups is 1. The number of non-ortho nitro benzene ring substituents is 1. The minimum Gasteiger partial charge on any atom is -0.452 e.